The third-order valence-corrected chi connectivity index (χ3v) is 4.10. The average Bonchev–Trinajstić information content (AvgIpc) is 2.72. The van der Waals surface area contributed by atoms with Crippen LogP contribution < -0.4 is 10.6 Å². The summed E-state index contributed by atoms with van der Waals surface area (Å²) in [5.41, 5.74) is 0.429. The van der Waals surface area contributed by atoms with Gasteiger partial charge in [-0.15, -0.1) is 11.3 Å². The number of anilines is 1. The van der Waals surface area contributed by atoms with E-state index in [0.717, 1.165) is 32.2 Å². The molecule has 2 heterocycles. The normalized spacial score (nSPS) is 19.1. The van der Waals surface area contributed by atoms with E-state index in [1.165, 1.54) is 11.3 Å². The van der Waals surface area contributed by atoms with E-state index in [9.17, 15) is 9.59 Å². The standard InChI is InChI=1S/C14H20N2O3S/c1-2-19-14(18)10-7-9-20-13(10)16-12(17)11-6-4-3-5-8-15-11/h7,9,11,15H,2-6,8H2,1H3,(H,16,17). The number of rotatable bonds is 4. The van der Waals surface area contributed by atoms with Gasteiger partial charge in [-0.05, 0) is 37.8 Å². The lowest BCUT2D eigenvalue weighted by Gasteiger charge is -2.15. The molecule has 1 amide bonds. The zero-order chi connectivity index (χ0) is 14.4. The van der Waals surface area contributed by atoms with E-state index in [0.29, 0.717) is 17.2 Å². The Morgan fingerprint density at radius 1 is 1.45 bits per heavy atom. The summed E-state index contributed by atoms with van der Waals surface area (Å²) >= 11 is 1.34. The monoisotopic (exact) mass is 296 g/mol. The molecule has 0 aromatic carbocycles. The molecule has 6 heteroatoms. The molecule has 1 aromatic heterocycles. The van der Waals surface area contributed by atoms with Crippen molar-refractivity contribution in [3.63, 3.8) is 0 Å². The lowest BCUT2D eigenvalue weighted by Crippen LogP contribution is -2.39. The Balaban J connectivity index is 2.00. The van der Waals surface area contributed by atoms with Gasteiger partial charge in [0.1, 0.15) is 5.00 Å². The molecule has 0 bridgehead atoms. The minimum absolute atomic E-state index is 0.0695. The number of thiophene rings is 1. The molecular formula is C14H20N2O3S. The Morgan fingerprint density at radius 2 is 2.30 bits per heavy atom. The Hall–Kier alpha value is -1.40. The van der Waals surface area contributed by atoms with Crippen molar-refractivity contribution in [2.24, 2.45) is 0 Å². The highest BCUT2D eigenvalue weighted by molar-refractivity contribution is 7.14. The lowest BCUT2D eigenvalue weighted by atomic mass is 10.1. The first-order valence-electron chi connectivity index (χ1n) is 7.01. The van der Waals surface area contributed by atoms with Crippen LogP contribution in [-0.2, 0) is 9.53 Å². The van der Waals surface area contributed by atoms with Gasteiger partial charge in [-0.2, -0.15) is 0 Å². The SMILES string of the molecule is CCOC(=O)c1ccsc1NC(=O)C1CCCCCN1. The van der Waals surface area contributed by atoms with Crippen LogP contribution >= 0.6 is 11.3 Å². The van der Waals surface area contributed by atoms with Gasteiger partial charge in [0.05, 0.1) is 18.2 Å². The van der Waals surface area contributed by atoms with E-state index in [4.69, 9.17) is 4.74 Å². The second-order valence-corrected chi connectivity index (χ2v) is 5.65. The Morgan fingerprint density at radius 3 is 3.10 bits per heavy atom. The molecule has 1 aliphatic rings. The van der Waals surface area contributed by atoms with E-state index < -0.39 is 5.97 Å². The molecule has 1 aromatic rings. The van der Waals surface area contributed by atoms with Gasteiger partial charge >= 0.3 is 5.97 Å². The van der Waals surface area contributed by atoms with Crippen LogP contribution in [0.25, 0.3) is 0 Å². The molecule has 1 saturated heterocycles. The number of hydrogen-bond acceptors (Lipinski definition) is 5. The number of carbonyl (C=O) groups is 2. The third kappa shape index (κ3) is 3.80. The number of nitrogens with one attached hydrogen (secondary N) is 2. The molecule has 1 aliphatic heterocycles. The van der Waals surface area contributed by atoms with Gasteiger partial charge in [-0.1, -0.05) is 12.8 Å². The van der Waals surface area contributed by atoms with Crippen molar-refractivity contribution in [2.75, 3.05) is 18.5 Å². The molecule has 20 heavy (non-hydrogen) atoms. The first-order valence-corrected chi connectivity index (χ1v) is 7.89. The second kappa shape index (κ2) is 7.40. The number of amides is 1. The molecule has 0 radical (unpaired) electrons. The summed E-state index contributed by atoms with van der Waals surface area (Å²) in [5.74, 6) is -0.460. The van der Waals surface area contributed by atoms with Crippen LogP contribution in [0, 0.1) is 0 Å². The molecule has 1 fully saturated rings. The van der Waals surface area contributed by atoms with Crippen LogP contribution in [0.3, 0.4) is 0 Å². The van der Waals surface area contributed by atoms with Gasteiger partial charge < -0.3 is 15.4 Å². The predicted molar refractivity (Wildman–Crippen MR) is 79.2 cm³/mol. The largest absolute Gasteiger partial charge is 0.462 e. The lowest BCUT2D eigenvalue weighted by molar-refractivity contribution is -0.118. The van der Waals surface area contributed by atoms with Gasteiger partial charge in [0.25, 0.3) is 0 Å². The molecule has 110 valence electrons. The van der Waals surface area contributed by atoms with Gasteiger partial charge in [-0.3, -0.25) is 4.79 Å². The maximum absolute atomic E-state index is 12.2. The van der Waals surface area contributed by atoms with E-state index in [-0.39, 0.29) is 11.9 Å². The summed E-state index contributed by atoms with van der Waals surface area (Å²) < 4.78 is 4.97. The molecule has 2 rings (SSSR count). The maximum Gasteiger partial charge on any atom is 0.341 e. The smallest absolute Gasteiger partial charge is 0.341 e. The maximum atomic E-state index is 12.2. The van der Waals surface area contributed by atoms with Gasteiger partial charge in [0.2, 0.25) is 5.91 Å². The molecule has 0 aliphatic carbocycles. The van der Waals surface area contributed by atoms with Crippen LogP contribution in [0.15, 0.2) is 11.4 Å². The number of esters is 1. The molecule has 0 saturated carbocycles. The van der Waals surface area contributed by atoms with Crippen molar-refractivity contribution in [1.82, 2.24) is 5.32 Å². The van der Waals surface area contributed by atoms with Crippen molar-refractivity contribution in [1.29, 1.82) is 0 Å². The predicted octanol–water partition coefficient (Wildman–Crippen LogP) is 2.40. The van der Waals surface area contributed by atoms with Crippen molar-refractivity contribution in [3.8, 4) is 0 Å². The molecule has 2 N–H and O–H groups in total. The average molecular weight is 296 g/mol. The highest BCUT2D eigenvalue weighted by atomic mass is 32.1. The summed E-state index contributed by atoms with van der Waals surface area (Å²) in [5, 5.41) is 8.44. The summed E-state index contributed by atoms with van der Waals surface area (Å²) in [6.45, 7) is 2.96. The zero-order valence-corrected chi connectivity index (χ0v) is 12.4. The summed E-state index contributed by atoms with van der Waals surface area (Å²) in [4.78, 5) is 24.0. The topological polar surface area (TPSA) is 67.4 Å². The minimum atomic E-state index is -0.391. The van der Waals surface area contributed by atoms with Crippen LogP contribution in [0.1, 0.15) is 43.0 Å². The van der Waals surface area contributed by atoms with Crippen molar-refractivity contribution >= 4 is 28.2 Å². The zero-order valence-electron chi connectivity index (χ0n) is 11.6. The first kappa shape index (κ1) is 15.0. The molecule has 1 atom stereocenters. The van der Waals surface area contributed by atoms with Crippen LogP contribution in [-0.4, -0.2) is 31.1 Å². The summed E-state index contributed by atoms with van der Waals surface area (Å²) in [6, 6.07) is 1.51. The molecule has 0 spiro atoms. The third-order valence-electron chi connectivity index (χ3n) is 3.27. The highest BCUT2D eigenvalue weighted by Gasteiger charge is 2.22. The van der Waals surface area contributed by atoms with Gasteiger partial charge in [0.15, 0.2) is 0 Å². The number of ether oxygens (including phenoxy) is 1. The second-order valence-electron chi connectivity index (χ2n) is 4.73. The fraction of sp³-hybridized carbons (Fsp3) is 0.571. The van der Waals surface area contributed by atoms with Crippen LogP contribution in [0.2, 0.25) is 0 Å². The van der Waals surface area contributed by atoms with E-state index in [1.54, 1.807) is 18.4 Å². The van der Waals surface area contributed by atoms with E-state index in [2.05, 4.69) is 10.6 Å². The molecular weight excluding hydrogens is 276 g/mol. The number of carbonyl (C=O) groups excluding carboxylic acids is 2. The van der Waals surface area contributed by atoms with E-state index >= 15 is 0 Å². The van der Waals surface area contributed by atoms with Crippen molar-refractivity contribution in [2.45, 2.75) is 38.6 Å². The van der Waals surface area contributed by atoms with Crippen LogP contribution in [0.5, 0.6) is 0 Å². The van der Waals surface area contributed by atoms with Gasteiger partial charge in [0, 0.05) is 0 Å². The van der Waals surface area contributed by atoms with Crippen LogP contribution in [0.4, 0.5) is 5.00 Å². The van der Waals surface area contributed by atoms with Gasteiger partial charge in [-0.25, -0.2) is 4.79 Å². The highest BCUT2D eigenvalue weighted by Crippen LogP contribution is 2.24. The number of hydrogen-bond donors (Lipinski definition) is 2. The van der Waals surface area contributed by atoms with Crippen molar-refractivity contribution in [3.05, 3.63) is 17.0 Å². The minimum Gasteiger partial charge on any atom is -0.462 e. The molecule has 5 nitrogen and oxygen atoms in total. The summed E-state index contributed by atoms with van der Waals surface area (Å²) in [7, 11) is 0. The Kier molecular flexibility index (Phi) is 5.55. The van der Waals surface area contributed by atoms with E-state index in [1.807, 2.05) is 0 Å². The quantitative estimate of drug-likeness (QED) is 0.837. The fourth-order valence-electron chi connectivity index (χ4n) is 2.23. The molecule has 1 unspecified atom stereocenters. The Labute approximate surface area is 122 Å². The first-order chi connectivity index (χ1) is 9.72. The van der Waals surface area contributed by atoms with Crippen molar-refractivity contribution < 1.29 is 14.3 Å². The fourth-order valence-corrected chi connectivity index (χ4v) is 3.01. The Bertz CT molecular complexity index is 465. The summed E-state index contributed by atoms with van der Waals surface area (Å²) in [6.07, 6.45) is 4.16.